The summed E-state index contributed by atoms with van der Waals surface area (Å²) in [5, 5.41) is 0. The van der Waals surface area contributed by atoms with Crippen molar-refractivity contribution >= 4 is 17.5 Å². The highest BCUT2D eigenvalue weighted by molar-refractivity contribution is 8.00. The molecule has 110 valence electrons. The predicted molar refractivity (Wildman–Crippen MR) is 81.0 cm³/mol. The van der Waals surface area contributed by atoms with E-state index >= 15 is 0 Å². The maximum Gasteiger partial charge on any atom is 0.173 e. The predicted octanol–water partition coefficient (Wildman–Crippen LogP) is 3.82. The van der Waals surface area contributed by atoms with Crippen molar-refractivity contribution in [3.8, 4) is 11.5 Å². The van der Waals surface area contributed by atoms with E-state index in [-0.39, 0.29) is 17.4 Å². The molecule has 5 heteroatoms. The van der Waals surface area contributed by atoms with Crippen molar-refractivity contribution in [3.05, 3.63) is 53.8 Å². The largest absolute Gasteiger partial charge is 0.497 e. The Morgan fingerprint density at radius 2 is 1.62 bits per heavy atom. The average Bonchev–Trinajstić information content (AvgIpc) is 2.53. The molecule has 0 aliphatic carbocycles. The zero-order valence-electron chi connectivity index (χ0n) is 11.8. The quantitative estimate of drug-likeness (QED) is 0.600. The summed E-state index contributed by atoms with van der Waals surface area (Å²) in [6.07, 6.45) is 0. The highest BCUT2D eigenvalue weighted by Gasteiger charge is 2.10. The Morgan fingerprint density at radius 3 is 2.14 bits per heavy atom. The van der Waals surface area contributed by atoms with Crippen LogP contribution in [0.3, 0.4) is 0 Å². The molecule has 2 rings (SSSR count). The number of Topliss-reactive ketones (excluding diaryl/α,β-unsaturated/α-hetero) is 1. The monoisotopic (exact) mass is 306 g/mol. The summed E-state index contributed by atoms with van der Waals surface area (Å²) in [4.78, 5) is 13.1. The molecular formula is C16H15FO3S. The fraction of sp³-hybridized carbons (Fsp3) is 0.188. The summed E-state index contributed by atoms with van der Waals surface area (Å²) in [6, 6.07) is 11.1. The van der Waals surface area contributed by atoms with E-state index < -0.39 is 0 Å². The summed E-state index contributed by atoms with van der Waals surface area (Å²) in [6.45, 7) is 0. The van der Waals surface area contributed by atoms with Crippen LogP contribution in [0.2, 0.25) is 0 Å². The van der Waals surface area contributed by atoms with E-state index in [1.165, 1.54) is 38.1 Å². The van der Waals surface area contributed by atoms with Crippen LogP contribution in [-0.2, 0) is 0 Å². The molecule has 2 aromatic carbocycles. The number of carbonyl (C=O) groups excluding carboxylic acids is 1. The first-order valence-electron chi connectivity index (χ1n) is 6.27. The Hall–Kier alpha value is -2.01. The number of carbonyl (C=O) groups is 1. The minimum absolute atomic E-state index is 0.0403. The van der Waals surface area contributed by atoms with Crippen LogP contribution in [0.4, 0.5) is 4.39 Å². The molecule has 3 nitrogen and oxygen atoms in total. The number of thioether (sulfide) groups is 1. The van der Waals surface area contributed by atoms with Crippen molar-refractivity contribution < 1.29 is 18.7 Å². The maximum absolute atomic E-state index is 12.8. The van der Waals surface area contributed by atoms with Gasteiger partial charge in [0.05, 0.1) is 20.0 Å². The number of ether oxygens (including phenoxy) is 2. The number of benzene rings is 2. The van der Waals surface area contributed by atoms with E-state index in [0.717, 1.165) is 4.90 Å². The van der Waals surface area contributed by atoms with Crippen LogP contribution in [-0.4, -0.2) is 25.8 Å². The Morgan fingerprint density at radius 1 is 1.05 bits per heavy atom. The van der Waals surface area contributed by atoms with Gasteiger partial charge in [-0.2, -0.15) is 0 Å². The van der Waals surface area contributed by atoms with Gasteiger partial charge in [-0.1, -0.05) is 0 Å². The molecule has 0 aliphatic rings. The van der Waals surface area contributed by atoms with Gasteiger partial charge < -0.3 is 9.47 Å². The Kier molecular flexibility index (Phi) is 5.22. The van der Waals surface area contributed by atoms with Crippen LogP contribution in [0.15, 0.2) is 47.4 Å². The van der Waals surface area contributed by atoms with Crippen LogP contribution >= 0.6 is 11.8 Å². The van der Waals surface area contributed by atoms with Gasteiger partial charge >= 0.3 is 0 Å². The molecule has 0 aliphatic heterocycles. The Labute approximate surface area is 127 Å². The molecule has 21 heavy (non-hydrogen) atoms. The molecule has 0 unspecified atom stereocenters. The van der Waals surface area contributed by atoms with Crippen molar-refractivity contribution in [2.24, 2.45) is 0 Å². The zero-order valence-corrected chi connectivity index (χ0v) is 12.6. The summed E-state index contributed by atoms with van der Waals surface area (Å²) in [5.74, 6) is 1.08. The molecular weight excluding hydrogens is 291 g/mol. The highest BCUT2D eigenvalue weighted by Crippen LogP contribution is 2.25. The topological polar surface area (TPSA) is 35.5 Å². The number of rotatable bonds is 6. The lowest BCUT2D eigenvalue weighted by atomic mass is 10.1. The van der Waals surface area contributed by atoms with E-state index in [1.54, 1.807) is 30.3 Å². The lowest BCUT2D eigenvalue weighted by Gasteiger charge is -2.08. The molecule has 0 saturated heterocycles. The van der Waals surface area contributed by atoms with Crippen LogP contribution in [0.5, 0.6) is 11.5 Å². The number of halogens is 1. The van der Waals surface area contributed by atoms with E-state index in [1.807, 2.05) is 0 Å². The van der Waals surface area contributed by atoms with E-state index in [4.69, 9.17) is 9.47 Å². The van der Waals surface area contributed by atoms with Gasteiger partial charge in [0.2, 0.25) is 0 Å². The second-order valence-corrected chi connectivity index (χ2v) is 5.32. The van der Waals surface area contributed by atoms with E-state index in [0.29, 0.717) is 17.1 Å². The zero-order chi connectivity index (χ0) is 15.2. The number of ketones is 1. The van der Waals surface area contributed by atoms with Crippen molar-refractivity contribution in [2.45, 2.75) is 4.90 Å². The van der Waals surface area contributed by atoms with Gasteiger partial charge in [-0.25, -0.2) is 4.39 Å². The molecule has 0 heterocycles. The molecule has 0 amide bonds. The van der Waals surface area contributed by atoms with Gasteiger partial charge in [-0.15, -0.1) is 11.8 Å². The molecule has 0 bridgehead atoms. The van der Waals surface area contributed by atoms with E-state index in [9.17, 15) is 9.18 Å². The summed E-state index contributed by atoms with van der Waals surface area (Å²) >= 11 is 1.36. The van der Waals surface area contributed by atoms with Gasteiger partial charge in [-0.3, -0.25) is 4.79 Å². The smallest absolute Gasteiger partial charge is 0.173 e. The van der Waals surface area contributed by atoms with Crippen LogP contribution in [0.1, 0.15) is 10.4 Å². The number of hydrogen-bond acceptors (Lipinski definition) is 4. The van der Waals surface area contributed by atoms with Gasteiger partial charge in [0.25, 0.3) is 0 Å². The Balaban J connectivity index is 2.07. The third kappa shape index (κ3) is 4.23. The SMILES string of the molecule is COc1cc(OC)cc(C(=O)CSc2ccc(F)cc2)c1. The lowest BCUT2D eigenvalue weighted by molar-refractivity contribution is 0.102. The van der Waals surface area contributed by atoms with Crippen molar-refractivity contribution in [1.29, 1.82) is 0 Å². The molecule has 0 spiro atoms. The van der Waals surface area contributed by atoms with Crippen molar-refractivity contribution in [2.75, 3.05) is 20.0 Å². The van der Waals surface area contributed by atoms with Crippen molar-refractivity contribution in [3.63, 3.8) is 0 Å². The van der Waals surface area contributed by atoms with Crippen LogP contribution in [0, 0.1) is 5.82 Å². The van der Waals surface area contributed by atoms with Crippen LogP contribution < -0.4 is 9.47 Å². The standard InChI is InChI=1S/C16H15FO3S/c1-19-13-7-11(8-14(9-13)20-2)16(18)10-21-15-5-3-12(17)4-6-15/h3-9H,10H2,1-2H3. The second kappa shape index (κ2) is 7.13. The fourth-order valence-corrected chi connectivity index (χ4v) is 2.52. The third-order valence-electron chi connectivity index (χ3n) is 2.86. The first kappa shape index (κ1) is 15.4. The third-order valence-corrected chi connectivity index (χ3v) is 3.87. The summed E-state index contributed by atoms with van der Waals surface area (Å²) in [5.41, 5.74) is 0.529. The number of hydrogen-bond donors (Lipinski definition) is 0. The normalized spacial score (nSPS) is 10.2. The Bertz CT molecular complexity index is 604. The van der Waals surface area contributed by atoms with Gasteiger partial charge in [0, 0.05) is 16.5 Å². The molecule has 0 radical (unpaired) electrons. The fourth-order valence-electron chi connectivity index (χ4n) is 1.73. The minimum Gasteiger partial charge on any atom is -0.497 e. The van der Waals surface area contributed by atoms with Gasteiger partial charge in [0.15, 0.2) is 5.78 Å². The maximum atomic E-state index is 12.8. The second-order valence-electron chi connectivity index (χ2n) is 4.27. The molecule has 0 fully saturated rings. The summed E-state index contributed by atoms with van der Waals surface area (Å²) < 4.78 is 23.1. The molecule has 0 N–H and O–H groups in total. The minimum atomic E-state index is -0.289. The number of methoxy groups -OCH3 is 2. The first-order chi connectivity index (χ1) is 10.1. The van der Waals surface area contributed by atoms with Crippen LogP contribution in [0.25, 0.3) is 0 Å². The summed E-state index contributed by atoms with van der Waals surface area (Å²) in [7, 11) is 3.08. The average molecular weight is 306 g/mol. The van der Waals surface area contributed by atoms with E-state index in [2.05, 4.69) is 0 Å². The molecule has 0 saturated carbocycles. The lowest BCUT2D eigenvalue weighted by Crippen LogP contribution is -2.03. The first-order valence-corrected chi connectivity index (χ1v) is 7.25. The molecule has 0 aromatic heterocycles. The molecule has 2 aromatic rings. The van der Waals surface area contributed by atoms with Crippen molar-refractivity contribution in [1.82, 2.24) is 0 Å². The van der Waals surface area contributed by atoms with Gasteiger partial charge in [-0.05, 0) is 36.4 Å². The van der Waals surface area contributed by atoms with Gasteiger partial charge in [0.1, 0.15) is 17.3 Å². The highest BCUT2D eigenvalue weighted by atomic mass is 32.2. The molecule has 0 atom stereocenters.